The summed E-state index contributed by atoms with van der Waals surface area (Å²) in [5.74, 6) is -0.468. The number of fused-ring (bicyclic) bond motifs is 1. The number of hydrogen-bond acceptors (Lipinski definition) is 4. The number of carbonyl (C=O) groups excluding carboxylic acids is 2. The van der Waals surface area contributed by atoms with Crippen molar-refractivity contribution >= 4 is 28.5 Å². The molecular formula is C21H25N5O2. The van der Waals surface area contributed by atoms with Gasteiger partial charge in [0.15, 0.2) is 0 Å². The Labute approximate surface area is 164 Å². The van der Waals surface area contributed by atoms with Gasteiger partial charge in [0.2, 0.25) is 5.91 Å². The lowest BCUT2D eigenvalue weighted by Crippen LogP contribution is -2.35. The summed E-state index contributed by atoms with van der Waals surface area (Å²) in [6, 6.07) is 9.33. The van der Waals surface area contributed by atoms with Gasteiger partial charge in [-0.25, -0.2) is 4.68 Å². The summed E-state index contributed by atoms with van der Waals surface area (Å²) in [7, 11) is 1.61. The van der Waals surface area contributed by atoms with Crippen LogP contribution in [0.5, 0.6) is 0 Å². The van der Waals surface area contributed by atoms with E-state index in [1.165, 1.54) is 4.90 Å². The van der Waals surface area contributed by atoms with Crippen molar-refractivity contribution in [2.24, 2.45) is 0 Å². The highest BCUT2D eigenvalue weighted by Crippen LogP contribution is 2.22. The summed E-state index contributed by atoms with van der Waals surface area (Å²) in [5.41, 5.74) is 5.98. The molecule has 0 unspecified atom stereocenters. The van der Waals surface area contributed by atoms with Crippen molar-refractivity contribution in [1.82, 2.24) is 19.9 Å². The molecule has 7 heteroatoms. The molecule has 1 aromatic heterocycles. The molecule has 0 radical (unpaired) electrons. The lowest BCUT2D eigenvalue weighted by molar-refractivity contribution is -0.116. The van der Waals surface area contributed by atoms with Gasteiger partial charge in [0.1, 0.15) is 5.52 Å². The molecule has 3 rings (SSSR count). The smallest absolute Gasteiger partial charge is 0.254 e. The van der Waals surface area contributed by atoms with Crippen LogP contribution in [0.1, 0.15) is 34.0 Å². The quantitative estimate of drug-likeness (QED) is 0.739. The fourth-order valence-corrected chi connectivity index (χ4v) is 3.40. The van der Waals surface area contributed by atoms with Crippen molar-refractivity contribution in [3.8, 4) is 0 Å². The average Bonchev–Trinajstić information content (AvgIpc) is 3.06. The van der Waals surface area contributed by atoms with Crippen LogP contribution in [0.2, 0.25) is 0 Å². The third-order valence-electron chi connectivity index (χ3n) is 4.73. The molecule has 0 aliphatic heterocycles. The normalized spacial score (nSPS) is 10.9. The molecule has 1 N–H and O–H groups in total. The highest BCUT2D eigenvalue weighted by atomic mass is 16.2. The van der Waals surface area contributed by atoms with Gasteiger partial charge in [-0.2, -0.15) is 0 Å². The summed E-state index contributed by atoms with van der Waals surface area (Å²) in [6.07, 6.45) is 0. The lowest BCUT2D eigenvalue weighted by Gasteiger charge is -2.18. The van der Waals surface area contributed by atoms with E-state index < -0.39 is 0 Å². The highest BCUT2D eigenvalue weighted by Gasteiger charge is 2.17. The Morgan fingerprint density at radius 3 is 2.43 bits per heavy atom. The number of nitrogens with zero attached hydrogens (tertiary/aromatic N) is 4. The van der Waals surface area contributed by atoms with Crippen LogP contribution in [-0.2, 0) is 11.3 Å². The first-order valence-corrected chi connectivity index (χ1v) is 9.26. The number of likely N-dealkylation sites (N-methyl/N-ethyl adjacent to an activating group) is 1. The predicted molar refractivity (Wildman–Crippen MR) is 109 cm³/mol. The SMILES string of the molecule is CCn1nnc2cc(C(=O)N(C)CC(=O)Nc3c(C)cc(C)cc3C)ccc21. The zero-order valence-electron chi connectivity index (χ0n) is 16.9. The Hall–Kier alpha value is -3.22. The largest absolute Gasteiger partial charge is 0.332 e. The Morgan fingerprint density at radius 1 is 1.11 bits per heavy atom. The zero-order valence-corrected chi connectivity index (χ0v) is 16.9. The number of carbonyl (C=O) groups is 2. The average molecular weight is 379 g/mol. The van der Waals surface area contributed by atoms with Crippen LogP contribution in [0, 0.1) is 20.8 Å². The van der Waals surface area contributed by atoms with Gasteiger partial charge < -0.3 is 10.2 Å². The van der Waals surface area contributed by atoms with E-state index in [0.717, 1.165) is 27.9 Å². The Kier molecular flexibility index (Phi) is 5.44. The molecule has 0 aliphatic rings. The Morgan fingerprint density at radius 2 is 1.79 bits per heavy atom. The van der Waals surface area contributed by atoms with E-state index in [9.17, 15) is 9.59 Å². The number of anilines is 1. The van der Waals surface area contributed by atoms with Gasteiger partial charge >= 0.3 is 0 Å². The van der Waals surface area contributed by atoms with Gasteiger partial charge in [-0.05, 0) is 57.0 Å². The molecule has 7 nitrogen and oxygen atoms in total. The Balaban J connectivity index is 1.71. The minimum absolute atomic E-state index is 0.0364. The van der Waals surface area contributed by atoms with E-state index in [2.05, 4.69) is 15.6 Å². The van der Waals surface area contributed by atoms with Crippen LogP contribution in [0.3, 0.4) is 0 Å². The van der Waals surface area contributed by atoms with E-state index in [0.29, 0.717) is 17.6 Å². The first-order valence-electron chi connectivity index (χ1n) is 9.26. The number of benzene rings is 2. The summed E-state index contributed by atoms with van der Waals surface area (Å²) >= 11 is 0. The maximum Gasteiger partial charge on any atom is 0.254 e. The van der Waals surface area contributed by atoms with Gasteiger partial charge in [-0.3, -0.25) is 9.59 Å². The topological polar surface area (TPSA) is 80.1 Å². The summed E-state index contributed by atoms with van der Waals surface area (Å²) < 4.78 is 1.77. The second-order valence-corrected chi connectivity index (χ2v) is 7.09. The molecule has 0 saturated carbocycles. The molecule has 0 atom stereocenters. The number of nitrogens with one attached hydrogen (secondary N) is 1. The molecule has 2 aromatic carbocycles. The van der Waals surface area contributed by atoms with Crippen molar-refractivity contribution in [2.45, 2.75) is 34.2 Å². The molecule has 1 heterocycles. The number of aromatic nitrogens is 3. The second kappa shape index (κ2) is 7.80. The zero-order chi connectivity index (χ0) is 20.4. The van der Waals surface area contributed by atoms with Crippen LogP contribution >= 0.6 is 0 Å². The fourth-order valence-electron chi connectivity index (χ4n) is 3.40. The van der Waals surface area contributed by atoms with Gasteiger partial charge in [0.25, 0.3) is 5.91 Å². The molecule has 0 fully saturated rings. The van der Waals surface area contributed by atoms with Crippen LogP contribution in [0.25, 0.3) is 11.0 Å². The maximum atomic E-state index is 12.7. The van der Waals surface area contributed by atoms with E-state index in [1.807, 2.05) is 45.9 Å². The molecule has 3 aromatic rings. The van der Waals surface area contributed by atoms with E-state index >= 15 is 0 Å². The van der Waals surface area contributed by atoms with Crippen LogP contribution < -0.4 is 5.32 Å². The lowest BCUT2D eigenvalue weighted by atomic mass is 10.1. The Bertz CT molecular complexity index is 1030. The third kappa shape index (κ3) is 3.88. The van der Waals surface area contributed by atoms with E-state index in [4.69, 9.17) is 0 Å². The fraction of sp³-hybridized carbons (Fsp3) is 0.333. The van der Waals surface area contributed by atoms with E-state index in [-0.39, 0.29) is 18.4 Å². The maximum absolute atomic E-state index is 12.7. The summed E-state index contributed by atoms with van der Waals surface area (Å²) in [4.78, 5) is 26.6. The molecule has 0 saturated heterocycles. The molecule has 0 bridgehead atoms. The molecule has 28 heavy (non-hydrogen) atoms. The number of hydrogen-bond donors (Lipinski definition) is 1. The number of rotatable bonds is 5. The summed E-state index contributed by atoms with van der Waals surface area (Å²) in [6.45, 7) is 8.60. The molecule has 146 valence electrons. The van der Waals surface area contributed by atoms with Crippen LogP contribution in [0.4, 0.5) is 5.69 Å². The first kappa shape index (κ1) is 19.5. The van der Waals surface area contributed by atoms with Gasteiger partial charge in [-0.1, -0.05) is 22.9 Å². The summed E-state index contributed by atoms with van der Waals surface area (Å²) in [5, 5.41) is 11.1. The van der Waals surface area contributed by atoms with E-state index in [1.54, 1.807) is 23.9 Å². The second-order valence-electron chi connectivity index (χ2n) is 7.09. The van der Waals surface area contributed by atoms with Crippen LogP contribution in [-0.4, -0.2) is 45.3 Å². The van der Waals surface area contributed by atoms with Gasteiger partial charge in [0, 0.05) is 24.8 Å². The van der Waals surface area contributed by atoms with Gasteiger partial charge in [-0.15, -0.1) is 5.10 Å². The molecule has 0 spiro atoms. The monoisotopic (exact) mass is 379 g/mol. The van der Waals surface area contributed by atoms with Crippen molar-refractivity contribution in [3.05, 3.63) is 52.6 Å². The molecule has 2 amide bonds. The third-order valence-corrected chi connectivity index (χ3v) is 4.73. The first-order chi connectivity index (χ1) is 13.3. The highest BCUT2D eigenvalue weighted by molar-refractivity contribution is 6.01. The minimum atomic E-state index is -0.236. The molecular weight excluding hydrogens is 354 g/mol. The van der Waals surface area contributed by atoms with Crippen LogP contribution in [0.15, 0.2) is 30.3 Å². The van der Waals surface area contributed by atoms with Crippen molar-refractivity contribution < 1.29 is 9.59 Å². The minimum Gasteiger partial charge on any atom is -0.332 e. The number of amides is 2. The van der Waals surface area contributed by atoms with Crippen molar-refractivity contribution in [1.29, 1.82) is 0 Å². The standard InChI is InChI=1S/C21H25N5O2/c1-6-26-18-8-7-16(11-17(18)23-24-26)21(28)25(5)12-19(27)22-20-14(3)9-13(2)10-15(20)4/h7-11H,6,12H2,1-5H3,(H,22,27). The van der Waals surface area contributed by atoms with Crippen molar-refractivity contribution in [2.75, 3.05) is 18.9 Å². The van der Waals surface area contributed by atoms with Crippen molar-refractivity contribution in [3.63, 3.8) is 0 Å². The number of aryl methyl sites for hydroxylation is 4. The predicted octanol–water partition coefficient (Wildman–Crippen LogP) is 3.09. The molecule has 0 aliphatic carbocycles. The van der Waals surface area contributed by atoms with Gasteiger partial charge in [0.05, 0.1) is 12.1 Å².